The molecule has 0 spiro atoms. The van der Waals surface area contributed by atoms with Crippen molar-refractivity contribution in [1.82, 2.24) is 5.32 Å². The zero-order valence-electron chi connectivity index (χ0n) is 9.70. The van der Waals surface area contributed by atoms with Crippen LogP contribution in [0.25, 0.3) is 0 Å². The molecule has 0 saturated heterocycles. The Balaban J connectivity index is 2.27. The van der Waals surface area contributed by atoms with Crippen LogP contribution in [0.5, 0.6) is 0 Å². The maximum absolute atomic E-state index is 12.3. The van der Waals surface area contributed by atoms with Crippen LogP contribution in [-0.4, -0.2) is 25.8 Å². The second-order valence-electron chi connectivity index (χ2n) is 4.28. The molecule has 2 N–H and O–H groups in total. The molecule has 0 atom stereocenters. The second kappa shape index (κ2) is 5.36. The normalized spacial score (nSPS) is 16.0. The van der Waals surface area contributed by atoms with E-state index in [-0.39, 0.29) is 0 Å². The summed E-state index contributed by atoms with van der Waals surface area (Å²) >= 11 is 5.99. The maximum atomic E-state index is 12.3. The van der Waals surface area contributed by atoms with E-state index in [0.717, 1.165) is 30.6 Å². The van der Waals surface area contributed by atoms with Gasteiger partial charge in [-0.05, 0) is 43.1 Å². The fourth-order valence-corrected chi connectivity index (χ4v) is 2.37. The standard InChI is InChI=1S/C12H14ClF3N2/c13-10-2-1-8-3-5-17-6-4-9(8)11(10)18-7-12(14,15)16/h1-2,17-18H,3-7H2. The zero-order chi connectivity index (χ0) is 13.2. The van der Waals surface area contributed by atoms with Gasteiger partial charge in [0, 0.05) is 0 Å². The lowest BCUT2D eigenvalue weighted by Gasteiger charge is -2.17. The third-order valence-corrected chi connectivity index (χ3v) is 3.26. The first kappa shape index (κ1) is 13.5. The molecule has 2 rings (SSSR count). The van der Waals surface area contributed by atoms with Crippen LogP contribution in [0.2, 0.25) is 5.02 Å². The number of hydrogen-bond acceptors (Lipinski definition) is 2. The molecule has 0 amide bonds. The van der Waals surface area contributed by atoms with Crippen LogP contribution in [0.3, 0.4) is 0 Å². The number of rotatable bonds is 2. The fourth-order valence-electron chi connectivity index (χ4n) is 2.12. The van der Waals surface area contributed by atoms with E-state index in [0.29, 0.717) is 17.1 Å². The van der Waals surface area contributed by atoms with Crippen molar-refractivity contribution in [1.29, 1.82) is 0 Å². The number of hydrogen-bond donors (Lipinski definition) is 2. The highest BCUT2D eigenvalue weighted by Gasteiger charge is 2.27. The van der Waals surface area contributed by atoms with Crippen molar-refractivity contribution in [2.24, 2.45) is 0 Å². The average molecular weight is 279 g/mol. The second-order valence-corrected chi connectivity index (χ2v) is 4.69. The molecular formula is C12H14ClF3N2. The molecule has 0 radical (unpaired) electrons. The summed E-state index contributed by atoms with van der Waals surface area (Å²) in [5, 5.41) is 5.99. The van der Waals surface area contributed by atoms with Crippen LogP contribution >= 0.6 is 11.6 Å². The number of benzene rings is 1. The first-order chi connectivity index (χ1) is 8.47. The summed E-state index contributed by atoms with van der Waals surface area (Å²) in [5.41, 5.74) is 2.39. The summed E-state index contributed by atoms with van der Waals surface area (Å²) in [6.07, 6.45) is -2.74. The van der Waals surface area contributed by atoms with Gasteiger partial charge in [-0.3, -0.25) is 0 Å². The number of fused-ring (bicyclic) bond motifs is 1. The van der Waals surface area contributed by atoms with Gasteiger partial charge in [0.05, 0.1) is 10.7 Å². The van der Waals surface area contributed by atoms with Gasteiger partial charge < -0.3 is 10.6 Å². The highest BCUT2D eigenvalue weighted by molar-refractivity contribution is 6.33. The quantitative estimate of drug-likeness (QED) is 0.869. The lowest BCUT2D eigenvalue weighted by molar-refractivity contribution is -0.115. The molecule has 1 aromatic rings. The highest BCUT2D eigenvalue weighted by atomic mass is 35.5. The Morgan fingerprint density at radius 2 is 1.94 bits per heavy atom. The third kappa shape index (κ3) is 3.29. The highest BCUT2D eigenvalue weighted by Crippen LogP contribution is 2.31. The monoisotopic (exact) mass is 278 g/mol. The number of alkyl halides is 3. The Morgan fingerprint density at radius 3 is 2.67 bits per heavy atom. The Morgan fingerprint density at radius 1 is 1.22 bits per heavy atom. The van der Waals surface area contributed by atoms with E-state index in [9.17, 15) is 13.2 Å². The molecule has 100 valence electrons. The molecule has 1 aliphatic rings. The van der Waals surface area contributed by atoms with E-state index in [1.807, 2.05) is 6.07 Å². The molecule has 0 saturated carbocycles. The minimum Gasteiger partial charge on any atom is -0.375 e. The number of nitrogens with one attached hydrogen (secondary N) is 2. The predicted octanol–water partition coefficient (Wildman–Crippen LogP) is 3.00. The Kier molecular flexibility index (Phi) is 4.02. The van der Waals surface area contributed by atoms with Crippen LogP contribution in [0.15, 0.2) is 12.1 Å². The van der Waals surface area contributed by atoms with Gasteiger partial charge in [-0.2, -0.15) is 13.2 Å². The van der Waals surface area contributed by atoms with E-state index in [1.54, 1.807) is 6.07 Å². The number of anilines is 1. The fraction of sp³-hybridized carbons (Fsp3) is 0.500. The predicted molar refractivity (Wildman–Crippen MR) is 66.3 cm³/mol. The zero-order valence-corrected chi connectivity index (χ0v) is 10.5. The van der Waals surface area contributed by atoms with Gasteiger partial charge in [0.25, 0.3) is 0 Å². The van der Waals surface area contributed by atoms with E-state index < -0.39 is 12.7 Å². The summed E-state index contributed by atoms with van der Waals surface area (Å²) in [7, 11) is 0. The first-order valence-electron chi connectivity index (χ1n) is 5.79. The van der Waals surface area contributed by atoms with Gasteiger partial charge in [0.2, 0.25) is 0 Å². The van der Waals surface area contributed by atoms with E-state index in [4.69, 9.17) is 11.6 Å². The average Bonchev–Trinajstić information content (AvgIpc) is 2.51. The molecule has 1 heterocycles. The summed E-state index contributed by atoms with van der Waals surface area (Å²) in [6, 6.07) is 3.55. The summed E-state index contributed by atoms with van der Waals surface area (Å²) < 4.78 is 36.8. The van der Waals surface area contributed by atoms with Gasteiger partial charge in [0.15, 0.2) is 0 Å². The minimum atomic E-state index is -4.24. The summed E-state index contributed by atoms with van der Waals surface area (Å²) in [6.45, 7) is 0.540. The molecule has 2 nitrogen and oxygen atoms in total. The van der Waals surface area contributed by atoms with Crippen molar-refractivity contribution < 1.29 is 13.2 Å². The van der Waals surface area contributed by atoms with Crippen molar-refractivity contribution in [2.45, 2.75) is 19.0 Å². The van der Waals surface area contributed by atoms with Gasteiger partial charge in [-0.25, -0.2) is 0 Å². The lowest BCUT2D eigenvalue weighted by Crippen LogP contribution is -2.22. The van der Waals surface area contributed by atoms with Crippen molar-refractivity contribution in [3.05, 3.63) is 28.3 Å². The van der Waals surface area contributed by atoms with E-state index >= 15 is 0 Å². The van der Waals surface area contributed by atoms with Crippen molar-refractivity contribution in [3.8, 4) is 0 Å². The van der Waals surface area contributed by atoms with Crippen molar-refractivity contribution in [2.75, 3.05) is 25.0 Å². The van der Waals surface area contributed by atoms with Crippen LogP contribution in [0, 0.1) is 0 Å². The van der Waals surface area contributed by atoms with Crippen LogP contribution < -0.4 is 10.6 Å². The van der Waals surface area contributed by atoms with Gasteiger partial charge in [0.1, 0.15) is 6.54 Å². The van der Waals surface area contributed by atoms with Gasteiger partial charge in [-0.15, -0.1) is 0 Å². The minimum absolute atomic E-state index is 0.347. The van der Waals surface area contributed by atoms with E-state index in [2.05, 4.69) is 10.6 Å². The lowest BCUT2D eigenvalue weighted by atomic mass is 10.0. The van der Waals surface area contributed by atoms with Gasteiger partial charge in [-0.1, -0.05) is 17.7 Å². The molecule has 1 aromatic carbocycles. The largest absolute Gasteiger partial charge is 0.405 e. The molecule has 1 aliphatic heterocycles. The topological polar surface area (TPSA) is 24.1 Å². The van der Waals surface area contributed by atoms with Crippen LogP contribution in [-0.2, 0) is 12.8 Å². The van der Waals surface area contributed by atoms with Crippen molar-refractivity contribution >= 4 is 17.3 Å². The van der Waals surface area contributed by atoms with E-state index in [1.165, 1.54) is 0 Å². The SMILES string of the molecule is FC(F)(F)CNc1c(Cl)ccc2c1CCNCC2. The smallest absolute Gasteiger partial charge is 0.375 e. The number of halogens is 4. The molecule has 0 aliphatic carbocycles. The molecule has 0 bridgehead atoms. The molecule has 0 unspecified atom stereocenters. The molecule has 6 heteroatoms. The van der Waals surface area contributed by atoms with Crippen molar-refractivity contribution in [3.63, 3.8) is 0 Å². The van der Waals surface area contributed by atoms with Gasteiger partial charge >= 0.3 is 6.18 Å². The van der Waals surface area contributed by atoms with Crippen LogP contribution in [0.4, 0.5) is 18.9 Å². The molecule has 0 fully saturated rings. The molecular weight excluding hydrogens is 265 g/mol. The van der Waals surface area contributed by atoms with Crippen LogP contribution in [0.1, 0.15) is 11.1 Å². The Hall–Kier alpha value is -0.940. The maximum Gasteiger partial charge on any atom is 0.405 e. The molecule has 18 heavy (non-hydrogen) atoms. The summed E-state index contributed by atoms with van der Waals surface area (Å²) in [4.78, 5) is 0. The molecule has 0 aromatic heterocycles. The summed E-state index contributed by atoms with van der Waals surface area (Å²) in [5.74, 6) is 0. The third-order valence-electron chi connectivity index (χ3n) is 2.95. The first-order valence-corrected chi connectivity index (χ1v) is 6.17. The Bertz CT molecular complexity index is 432. The Labute approximate surface area is 109 Å².